The third-order valence-corrected chi connectivity index (χ3v) is 6.68. The third-order valence-electron chi connectivity index (χ3n) is 6.26. The van der Waals surface area contributed by atoms with Crippen molar-refractivity contribution in [2.24, 2.45) is 0 Å². The van der Waals surface area contributed by atoms with E-state index in [2.05, 4.69) is 5.32 Å². The average molecular weight is 550 g/mol. The zero-order chi connectivity index (χ0) is 27.9. The summed E-state index contributed by atoms with van der Waals surface area (Å²) in [6.07, 6.45) is 0.353. The van der Waals surface area contributed by atoms with Gasteiger partial charge in [0.1, 0.15) is 17.6 Å². The van der Waals surface area contributed by atoms with Crippen LogP contribution < -0.4 is 15.0 Å². The number of thiocarbonyl (C=S) groups is 1. The van der Waals surface area contributed by atoms with Crippen molar-refractivity contribution < 1.29 is 28.2 Å². The van der Waals surface area contributed by atoms with E-state index >= 15 is 0 Å². The molecule has 1 aliphatic rings. The van der Waals surface area contributed by atoms with Gasteiger partial charge in [0.25, 0.3) is 5.91 Å². The Balaban J connectivity index is 1.54. The van der Waals surface area contributed by atoms with Crippen LogP contribution in [-0.2, 0) is 20.7 Å². The molecule has 1 heterocycles. The van der Waals surface area contributed by atoms with Gasteiger partial charge in [-0.1, -0.05) is 12.1 Å². The van der Waals surface area contributed by atoms with Crippen molar-refractivity contribution in [2.75, 3.05) is 30.5 Å². The molecule has 8 nitrogen and oxygen atoms in total. The summed E-state index contributed by atoms with van der Waals surface area (Å²) >= 11 is 5.70. The lowest BCUT2D eigenvalue weighted by atomic mass is 10.1. The number of ether oxygens (including phenoxy) is 2. The first kappa shape index (κ1) is 27.7. The molecule has 10 heteroatoms. The van der Waals surface area contributed by atoms with E-state index in [4.69, 9.17) is 21.7 Å². The summed E-state index contributed by atoms with van der Waals surface area (Å²) < 4.78 is 23.5. The summed E-state index contributed by atoms with van der Waals surface area (Å²) in [5, 5.41) is 3.06. The van der Waals surface area contributed by atoms with Gasteiger partial charge in [-0.3, -0.25) is 14.5 Å². The Morgan fingerprint density at radius 2 is 1.67 bits per heavy atom. The molecule has 4 rings (SSSR count). The van der Waals surface area contributed by atoms with Gasteiger partial charge < -0.3 is 19.7 Å². The van der Waals surface area contributed by atoms with Crippen LogP contribution in [0.25, 0.3) is 0 Å². The second kappa shape index (κ2) is 12.5. The molecule has 39 heavy (non-hydrogen) atoms. The third kappa shape index (κ3) is 6.58. The smallest absolute Gasteiger partial charge is 0.338 e. The monoisotopic (exact) mass is 549 g/mol. The average Bonchev–Trinajstić information content (AvgIpc) is 3.17. The standard InChI is InChI=1S/C29H28FN3O5S/c1-3-38-28(36)20-6-12-23(13-7-20)33-27(35)25(18-26(34)31-22-10-14-24(37-2)15-11-22)32(29(33)39)17-16-19-4-8-21(30)9-5-19/h4-15,25H,3,16-18H2,1-2H3,(H,31,34). The van der Waals surface area contributed by atoms with Crippen LogP contribution in [0.15, 0.2) is 72.8 Å². The first-order chi connectivity index (χ1) is 18.8. The largest absolute Gasteiger partial charge is 0.497 e. The highest BCUT2D eigenvalue weighted by Crippen LogP contribution is 2.28. The zero-order valence-electron chi connectivity index (χ0n) is 21.6. The lowest BCUT2D eigenvalue weighted by molar-refractivity contribution is -0.124. The number of anilines is 2. The van der Waals surface area contributed by atoms with Crippen molar-refractivity contribution in [3.63, 3.8) is 0 Å². The van der Waals surface area contributed by atoms with E-state index < -0.39 is 12.0 Å². The number of rotatable bonds is 10. The molecule has 2 amide bonds. The van der Waals surface area contributed by atoms with Gasteiger partial charge in [-0.25, -0.2) is 9.18 Å². The fourth-order valence-electron chi connectivity index (χ4n) is 4.25. The summed E-state index contributed by atoms with van der Waals surface area (Å²) in [4.78, 5) is 41.8. The predicted octanol–water partition coefficient (Wildman–Crippen LogP) is 4.58. The molecular weight excluding hydrogens is 521 g/mol. The van der Waals surface area contributed by atoms with Gasteiger partial charge in [0, 0.05) is 12.2 Å². The zero-order valence-corrected chi connectivity index (χ0v) is 22.4. The highest BCUT2D eigenvalue weighted by atomic mass is 32.1. The molecule has 0 aliphatic carbocycles. The van der Waals surface area contributed by atoms with Gasteiger partial charge in [0.15, 0.2) is 5.11 Å². The lowest BCUT2D eigenvalue weighted by Gasteiger charge is -2.24. The Bertz CT molecular complexity index is 1350. The van der Waals surface area contributed by atoms with E-state index in [1.165, 1.54) is 17.0 Å². The molecule has 202 valence electrons. The number of nitrogens with zero attached hydrogens (tertiary/aromatic N) is 2. The van der Waals surface area contributed by atoms with Gasteiger partial charge in [0.05, 0.1) is 31.4 Å². The minimum atomic E-state index is -0.846. The van der Waals surface area contributed by atoms with Crippen LogP contribution in [0.2, 0.25) is 0 Å². The molecule has 3 aromatic carbocycles. The summed E-state index contributed by atoms with van der Waals surface area (Å²) in [5.74, 6) is -0.856. The molecule has 0 radical (unpaired) electrons. The molecular formula is C29H28FN3O5S. The fraction of sp³-hybridized carbons (Fsp3) is 0.241. The summed E-state index contributed by atoms with van der Waals surface area (Å²) in [6.45, 7) is 2.31. The minimum Gasteiger partial charge on any atom is -0.497 e. The number of amides is 2. The number of carbonyl (C=O) groups excluding carboxylic acids is 3. The molecule has 1 N–H and O–H groups in total. The normalized spacial score (nSPS) is 14.9. The Hall–Kier alpha value is -4.31. The predicted molar refractivity (Wildman–Crippen MR) is 149 cm³/mol. The molecule has 1 unspecified atom stereocenters. The van der Waals surface area contributed by atoms with E-state index in [1.54, 1.807) is 79.6 Å². The number of nitrogens with one attached hydrogen (secondary N) is 1. The molecule has 1 atom stereocenters. The number of hydrogen-bond donors (Lipinski definition) is 1. The van der Waals surface area contributed by atoms with E-state index in [0.717, 1.165) is 5.56 Å². The van der Waals surface area contributed by atoms with Gasteiger partial charge in [-0.15, -0.1) is 0 Å². The summed E-state index contributed by atoms with van der Waals surface area (Å²) in [6, 6.07) is 18.5. The maximum Gasteiger partial charge on any atom is 0.338 e. The molecule has 1 aliphatic heterocycles. The Morgan fingerprint density at radius 3 is 2.28 bits per heavy atom. The van der Waals surface area contributed by atoms with Crippen molar-refractivity contribution in [1.82, 2.24) is 4.90 Å². The Kier molecular flexibility index (Phi) is 8.88. The number of methoxy groups -OCH3 is 1. The number of esters is 1. The van der Waals surface area contributed by atoms with Crippen molar-refractivity contribution in [1.29, 1.82) is 0 Å². The highest BCUT2D eigenvalue weighted by molar-refractivity contribution is 7.80. The first-order valence-corrected chi connectivity index (χ1v) is 12.8. The van der Waals surface area contributed by atoms with Crippen LogP contribution in [0, 0.1) is 5.82 Å². The number of halogens is 1. The minimum absolute atomic E-state index is 0.133. The van der Waals surface area contributed by atoms with E-state index in [-0.39, 0.29) is 35.8 Å². The topological polar surface area (TPSA) is 88.2 Å². The van der Waals surface area contributed by atoms with Crippen LogP contribution in [0.4, 0.5) is 15.8 Å². The second-order valence-corrected chi connectivity index (χ2v) is 9.16. The van der Waals surface area contributed by atoms with E-state index in [1.807, 2.05) is 0 Å². The maximum atomic E-state index is 13.6. The lowest BCUT2D eigenvalue weighted by Crippen LogP contribution is -2.39. The first-order valence-electron chi connectivity index (χ1n) is 12.4. The van der Waals surface area contributed by atoms with E-state index in [9.17, 15) is 18.8 Å². The SMILES string of the molecule is CCOC(=O)c1ccc(N2C(=O)C(CC(=O)Nc3ccc(OC)cc3)N(CCc3ccc(F)cc3)C2=S)cc1. The van der Waals surface area contributed by atoms with Crippen LogP contribution in [-0.4, -0.2) is 54.1 Å². The van der Waals surface area contributed by atoms with Gasteiger partial charge in [0.2, 0.25) is 5.91 Å². The van der Waals surface area contributed by atoms with Crippen molar-refractivity contribution >= 4 is 46.5 Å². The maximum absolute atomic E-state index is 13.6. The molecule has 0 spiro atoms. The fourth-order valence-corrected chi connectivity index (χ4v) is 4.66. The van der Waals surface area contributed by atoms with Crippen molar-refractivity contribution in [3.05, 3.63) is 89.7 Å². The summed E-state index contributed by atoms with van der Waals surface area (Å²) in [5.41, 5.74) is 2.26. The van der Waals surface area contributed by atoms with Gasteiger partial charge >= 0.3 is 5.97 Å². The van der Waals surface area contributed by atoms with Crippen LogP contribution in [0.3, 0.4) is 0 Å². The van der Waals surface area contributed by atoms with Crippen LogP contribution in [0.1, 0.15) is 29.3 Å². The number of benzene rings is 3. The number of hydrogen-bond acceptors (Lipinski definition) is 6. The van der Waals surface area contributed by atoms with Crippen LogP contribution in [0.5, 0.6) is 5.75 Å². The Labute approximate surface area is 231 Å². The second-order valence-electron chi connectivity index (χ2n) is 8.79. The molecule has 3 aromatic rings. The molecule has 0 saturated carbocycles. The van der Waals surface area contributed by atoms with Crippen molar-refractivity contribution in [2.45, 2.75) is 25.8 Å². The number of carbonyl (C=O) groups is 3. The van der Waals surface area contributed by atoms with Gasteiger partial charge in [-0.2, -0.15) is 0 Å². The van der Waals surface area contributed by atoms with Gasteiger partial charge in [-0.05, 0) is 91.8 Å². The van der Waals surface area contributed by atoms with Crippen molar-refractivity contribution in [3.8, 4) is 5.75 Å². The van der Waals surface area contributed by atoms with E-state index in [0.29, 0.717) is 35.7 Å². The Morgan fingerprint density at radius 1 is 1.00 bits per heavy atom. The summed E-state index contributed by atoms with van der Waals surface area (Å²) in [7, 11) is 1.55. The molecule has 0 aromatic heterocycles. The van der Waals surface area contributed by atoms with Crippen LogP contribution >= 0.6 is 12.2 Å². The molecule has 0 bridgehead atoms. The highest BCUT2D eigenvalue weighted by Gasteiger charge is 2.44. The molecule has 1 fully saturated rings. The molecule has 1 saturated heterocycles. The quantitative estimate of drug-likeness (QED) is 0.293.